The Morgan fingerprint density at radius 3 is 2.70 bits per heavy atom. The van der Waals surface area contributed by atoms with E-state index in [0.717, 1.165) is 17.7 Å². The third kappa shape index (κ3) is 4.44. The number of benzene rings is 1. The Hall–Kier alpha value is -2.48. The summed E-state index contributed by atoms with van der Waals surface area (Å²) in [4.78, 5) is 23.2. The molecule has 27 heavy (non-hydrogen) atoms. The van der Waals surface area contributed by atoms with Crippen LogP contribution in [0.4, 0.5) is 11.5 Å². The van der Waals surface area contributed by atoms with Gasteiger partial charge >= 0.3 is 0 Å². The fraction of sp³-hybridized carbons (Fsp3) is 0.421. The number of nitrogens with one attached hydrogen (secondary N) is 1. The minimum Gasteiger partial charge on any atom is -0.356 e. The molecule has 2 heterocycles. The average molecular weight is 388 g/mol. The molecule has 144 valence electrons. The average Bonchev–Trinajstić information content (AvgIpc) is 3.00. The number of anilines is 2. The van der Waals surface area contributed by atoms with Crippen LogP contribution in [0.2, 0.25) is 0 Å². The number of carbonyl (C=O) groups is 1. The number of sulfone groups is 1. The number of hydrogen-bond acceptors (Lipinski definition) is 6. The quantitative estimate of drug-likeness (QED) is 0.844. The summed E-state index contributed by atoms with van der Waals surface area (Å²) in [5, 5.41) is 2.91. The summed E-state index contributed by atoms with van der Waals surface area (Å²) >= 11 is 0. The summed E-state index contributed by atoms with van der Waals surface area (Å²) in [5.41, 5.74) is 2.07. The number of carbonyl (C=O) groups excluding carboxylic acids is 1. The van der Waals surface area contributed by atoms with Crippen molar-refractivity contribution in [3.05, 3.63) is 47.4 Å². The molecule has 7 nitrogen and oxygen atoms in total. The van der Waals surface area contributed by atoms with Crippen LogP contribution in [0.25, 0.3) is 0 Å². The SMILES string of the molecule is CCc1ccccc1NC(=O)c1cc(N(C)C2CCS(=O)(=O)C2)nc(C)n1. The molecule has 1 saturated heterocycles. The molecule has 0 aliphatic carbocycles. The van der Waals surface area contributed by atoms with Gasteiger partial charge in [-0.15, -0.1) is 0 Å². The number of aromatic nitrogens is 2. The lowest BCUT2D eigenvalue weighted by Gasteiger charge is -2.25. The van der Waals surface area contributed by atoms with Gasteiger partial charge in [0, 0.05) is 24.8 Å². The summed E-state index contributed by atoms with van der Waals surface area (Å²) in [5.74, 6) is 1.01. The van der Waals surface area contributed by atoms with Gasteiger partial charge < -0.3 is 10.2 Å². The summed E-state index contributed by atoms with van der Waals surface area (Å²) in [6, 6.07) is 9.12. The van der Waals surface area contributed by atoms with E-state index in [-0.39, 0.29) is 29.1 Å². The van der Waals surface area contributed by atoms with Gasteiger partial charge in [-0.1, -0.05) is 25.1 Å². The van der Waals surface area contributed by atoms with Gasteiger partial charge in [0.15, 0.2) is 9.84 Å². The molecule has 1 unspecified atom stereocenters. The molecule has 1 aliphatic heterocycles. The van der Waals surface area contributed by atoms with Crippen LogP contribution in [0.5, 0.6) is 0 Å². The van der Waals surface area contributed by atoms with Gasteiger partial charge in [-0.2, -0.15) is 0 Å². The molecule has 1 fully saturated rings. The van der Waals surface area contributed by atoms with Gasteiger partial charge in [0.05, 0.1) is 11.5 Å². The zero-order chi connectivity index (χ0) is 19.6. The fourth-order valence-electron chi connectivity index (χ4n) is 3.25. The van der Waals surface area contributed by atoms with Crippen LogP contribution in [0, 0.1) is 6.92 Å². The van der Waals surface area contributed by atoms with E-state index in [2.05, 4.69) is 15.3 Å². The Bertz CT molecular complexity index is 959. The monoisotopic (exact) mass is 388 g/mol. The Labute approximate surface area is 159 Å². The summed E-state index contributed by atoms with van der Waals surface area (Å²) in [6.07, 6.45) is 1.37. The Balaban J connectivity index is 1.83. The number of hydrogen-bond donors (Lipinski definition) is 1. The van der Waals surface area contributed by atoms with Crippen molar-refractivity contribution in [2.45, 2.75) is 32.7 Å². The highest BCUT2D eigenvalue weighted by atomic mass is 32.2. The third-order valence-corrected chi connectivity index (χ3v) is 6.57. The van der Waals surface area contributed by atoms with Gasteiger partial charge in [-0.25, -0.2) is 18.4 Å². The maximum Gasteiger partial charge on any atom is 0.274 e. The normalized spacial score (nSPS) is 18.3. The number of nitrogens with zero attached hydrogens (tertiary/aromatic N) is 3. The van der Waals surface area contributed by atoms with Crippen molar-refractivity contribution in [3.63, 3.8) is 0 Å². The van der Waals surface area contributed by atoms with Crippen molar-refractivity contribution < 1.29 is 13.2 Å². The molecule has 2 aromatic rings. The van der Waals surface area contributed by atoms with E-state index in [0.29, 0.717) is 18.1 Å². The highest BCUT2D eigenvalue weighted by Crippen LogP contribution is 2.23. The summed E-state index contributed by atoms with van der Waals surface area (Å²) in [6.45, 7) is 3.75. The second kappa shape index (κ2) is 7.64. The second-order valence-electron chi connectivity index (χ2n) is 6.79. The number of aryl methyl sites for hydroxylation is 2. The molecular weight excluding hydrogens is 364 g/mol. The standard InChI is InChI=1S/C19H24N4O3S/c1-4-14-7-5-6-8-16(14)22-19(24)17-11-18(21-13(2)20-17)23(3)15-9-10-27(25,26)12-15/h5-8,11,15H,4,9-10,12H2,1-3H3,(H,22,24). The van der Waals surface area contributed by atoms with E-state index in [4.69, 9.17) is 0 Å². The molecule has 1 aliphatic rings. The molecule has 1 atom stereocenters. The largest absolute Gasteiger partial charge is 0.356 e. The third-order valence-electron chi connectivity index (χ3n) is 4.82. The fourth-order valence-corrected chi connectivity index (χ4v) is 5.03. The van der Waals surface area contributed by atoms with Gasteiger partial charge in [0.25, 0.3) is 5.91 Å². The zero-order valence-electron chi connectivity index (χ0n) is 15.8. The van der Waals surface area contributed by atoms with Gasteiger partial charge in [-0.3, -0.25) is 4.79 Å². The highest BCUT2D eigenvalue weighted by molar-refractivity contribution is 7.91. The maximum atomic E-state index is 12.7. The number of rotatable bonds is 5. The van der Waals surface area contributed by atoms with Crippen molar-refractivity contribution in [2.75, 3.05) is 28.8 Å². The van der Waals surface area contributed by atoms with Crippen molar-refractivity contribution in [1.29, 1.82) is 0 Å². The first kappa shape index (κ1) is 19.3. The lowest BCUT2D eigenvalue weighted by atomic mass is 10.1. The van der Waals surface area contributed by atoms with E-state index < -0.39 is 9.84 Å². The molecule has 0 spiro atoms. The highest BCUT2D eigenvalue weighted by Gasteiger charge is 2.31. The zero-order valence-corrected chi connectivity index (χ0v) is 16.6. The lowest BCUT2D eigenvalue weighted by Crippen LogP contribution is -2.33. The van der Waals surface area contributed by atoms with E-state index >= 15 is 0 Å². The van der Waals surface area contributed by atoms with Crippen molar-refractivity contribution >= 4 is 27.2 Å². The Morgan fingerprint density at radius 2 is 2.04 bits per heavy atom. The Morgan fingerprint density at radius 1 is 1.30 bits per heavy atom. The molecule has 1 N–H and O–H groups in total. The first-order valence-corrected chi connectivity index (χ1v) is 10.8. The van der Waals surface area contributed by atoms with Crippen LogP contribution in [0.3, 0.4) is 0 Å². The van der Waals surface area contributed by atoms with Gasteiger partial charge in [0.1, 0.15) is 17.3 Å². The first-order valence-electron chi connectivity index (χ1n) is 8.97. The van der Waals surface area contributed by atoms with E-state index in [1.165, 1.54) is 0 Å². The van der Waals surface area contributed by atoms with Crippen LogP contribution >= 0.6 is 0 Å². The molecule has 1 aromatic heterocycles. The van der Waals surface area contributed by atoms with E-state index in [9.17, 15) is 13.2 Å². The molecule has 3 rings (SSSR count). The number of para-hydroxylation sites is 1. The van der Waals surface area contributed by atoms with E-state index in [1.807, 2.05) is 36.1 Å². The smallest absolute Gasteiger partial charge is 0.274 e. The van der Waals surface area contributed by atoms with Crippen LogP contribution in [-0.4, -0.2) is 48.9 Å². The minimum absolute atomic E-state index is 0.109. The lowest BCUT2D eigenvalue weighted by molar-refractivity contribution is 0.102. The molecule has 8 heteroatoms. The van der Waals surface area contributed by atoms with Gasteiger partial charge in [0.2, 0.25) is 0 Å². The molecule has 0 bridgehead atoms. The summed E-state index contributed by atoms with van der Waals surface area (Å²) < 4.78 is 23.5. The van der Waals surface area contributed by atoms with Crippen molar-refractivity contribution in [1.82, 2.24) is 9.97 Å². The molecule has 0 saturated carbocycles. The van der Waals surface area contributed by atoms with Crippen LogP contribution < -0.4 is 10.2 Å². The summed E-state index contributed by atoms with van der Waals surface area (Å²) in [7, 11) is -1.19. The van der Waals surface area contributed by atoms with Crippen molar-refractivity contribution in [3.8, 4) is 0 Å². The van der Waals surface area contributed by atoms with Crippen molar-refractivity contribution in [2.24, 2.45) is 0 Å². The van der Waals surface area contributed by atoms with Crippen LogP contribution in [0.15, 0.2) is 30.3 Å². The molecule has 0 radical (unpaired) electrons. The Kier molecular flexibility index (Phi) is 5.46. The second-order valence-corrected chi connectivity index (χ2v) is 9.02. The predicted octanol–water partition coefficient (Wildman–Crippen LogP) is 2.22. The molecular formula is C19H24N4O3S. The maximum absolute atomic E-state index is 12.7. The van der Waals surface area contributed by atoms with Crippen LogP contribution in [-0.2, 0) is 16.3 Å². The number of amides is 1. The van der Waals surface area contributed by atoms with Gasteiger partial charge in [-0.05, 0) is 31.4 Å². The molecule has 1 aromatic carbocycles. The van der Waals surface area contributed by atoms with E-state index in [1.54, 1.807) is 20.0 Å². The minimum atomic E-state index is -3.00. The first-order chi connectivity index (χ1) is 12.8. The van der Waals surface area contributed by atoms with Crippen LogP contribution in [0.1, 0.15) is 35.2 Å². The predicted molar refractivity (Wildman–Crippen MR) is 106 cm³/mol. The topological polar surface area (TPSA) is 92.3 Å². The molecule has 1 amide bonds.